The third kappa shape index (κ3) is 8.83. The molecule has 0 radical (unpaired) electrons. The lowest BCUT2D eigenvalue weighted by Gasteiger charge is -2.17. The predicted molar refractivity (Wildman–Crippen MR) is 81.4 cm³/mol. The van der Waals surface area contributed by atoms with Gasteiger partial charge in [-0.1, -0.05) is 13.8 Å². The normalized spacial score (nSPS) is 10.3. The highest BCUT2D eigenvalue weighted by molar-refractivity contribution is 5.75. The van der Waals surface area contributed by atoms with Crippen LogP contribution in [0.3, 0.4) is 0 Å². The van der Waals surface area contributed by atoms with E-state index in [9.17, 15) is 4.79 Å². The number of nitrogens with zero attached hydrogens (tertiary/aromatic N) is 2. The zero-order valence-corrected chi connectivity index (χ0v) is 15.0. The second kappa shape index (κ2) is 11.7. The van der Waals surface area contributed by atoms with Gasteiger partial charge >= 0.3 is 0 Å². The fourth-order valence-corrected chi connectivity index (χ4v) is 2.07. The second-order valence-electron chi connectivity index (χ2n) is 5.09. The van der Waals surface area contributed by atoms with E-state index in [0.29, 0.717) is 6.42 Å². The van der Waals surface area contributed by atoms with E-state index in [4.69, 9.17) is 0 Å². The molecule has 0 aromatic carbocycles. The van der Waals surface area contributed by atoms with Crippen molar-refractivity contribution in [3.8, 4) is 0 Å². The summed E-state index contributed by atoms with van der Waals surface area (Å²) in [5.74, 6) is 0.137. The zero-order valence-electron chi connectivity index (χ0n) is 13.4. The molecule has 0 saturated carbocycles. The van der Waals surface area contributed by atoms with E-state index in [2.05, 4.69) is 43.1 Å². The lowest BCUT2D eigenvalue weighted by molar-refractivity contribution is -0.695. The zero-order chi connectivity index (χ0) is 14.8. The highest BCUT2D eigenvalue weighted by Gasteiger charge is 2.06. The van der Waals surface area contributed by atoms with Gasteiger partial charge < -0.3 is 27.2 Å². The molecule has 1 N–H and O–H groups in total. The van der Waals surface area contributed by atoms with Crippen LogP contribution in [0.1, 0.15) is 32.3 Å². The molecule has 0 aliphatic rings. The molecule has 0 fully saturated rings. The second-order valence-corrected chi connectivity index (χ2v) is 5.09. The van der Waals surface area contributed by atoms with Gasteiger partial charge in [0.05, 0.1) is 6.42 Å². The number of amides is 1. The van der Waals surface area contributed by atoms with E-state index >= 15 is 0 Å². The maximum Gasteiger partial charge on any atom is 0.226 e. The lowest BCUT2D eigenvalue weighted by Crippen LogP contribution is -3.00. The average Bonchev–Trinajstić information content (AvgIpc) is 2.47. The van der Waals surface area contributed by atoms with Crippen LogP contribution in [-0.4, -0.2) is 37.0 Å². The van der Waals surface area contributed by atoms with Gasteiger partial charge in [-0.3, -0.25) is 4.79 Å². The molecule has 1 aromatic heterocycles. The van der Waals surface area contributed by atoms with Crippen LogP contribution in [0.5, 0.6) is 0 Å². The molecule has 5 heteroatoms. The minimum atomic E-state index is 0. The molecular formula is C16H28BrN3O. The van der Waals surface area contributed by atoms with Crippen LogP contribution in [-0.2, 0) is 11.3 Å². The standard InChI is InChI=1S/C16H27N3O.BrH/c1-4-18(5-2)11-6-10-17-16(20)9-14-19-12-7-15(3)8-13-19;/h7-8,12-13H,4-6,9-11,14H2,1-3H3;1H. The maximum atomic E-state index is 11.7. The molecule has 1 amide bonds. The molecule has 0 aliphatic carbocycles. The van der Waals surface area contributed by atoms with Crippen LogP contribution in [0, 0.1) is 6.92 Å². The first-order valence-electron chi connectivity index (χ1n) is 7.60. The largest absolute Gasteiger partial charge is 1.00 e. The number of aromatic nitrogens is 1. The Hall–Kier alpha value is -0.940. The number of carbonyl (C=O) groups is 1. The Morgan fingerprint density at radius 2 is 1.86 bits per heavy atom. The van der Waals surface area contributed by atoms with E-state index in [-0.39, 0.29) is 22.9 Å². The highest BCUT2D eigenvalue weighted by atomic mass is 79.9. The van der Waals surface area contributed by atoms with Crippen molar-refractivity contribution in [1.82, 2.24) is 10.2 Å². The Morgan fingerprint density at radius 1 is 1.24 bits per heavy atom. The van der Waals surface area contributed by atoms with Gasteiger partial charge in [0, 0.05) is 18.7 Å². The van der Waals surface area contributed by atoms with Crippen molar-refractivity contribution in [2.75, 3.05) is 26.2 Å². The SMILES string of the molecule is CCN(CC)CCCNC(=O)CC[n+]1ccc(C)cc1.[Br-]. The van der Waals surface area contributed by atoms with Crippen LogP contribution < -0.4 is 26.9 Å². The van der Waals surface area contributed by atoms with Crippen molar-refractivity contribution in [3.05, 3.63) is 30.1 Å². The molecule has 0 saturated heterocycles. The monoisotopic (exact) mass is 357 g/mol. The van der Waals surface area contributed by atoms with Crippen LogP contribution in [0.25, 0.3) is 0 Å². The first-order chi connectivity index (χ1) is 9.65. The van der Waals surface area contributed by atoms with E-state index < -0.39 is 0 Å². The molecule has 0 atom stereocenters. The highest BCUT2D eigenvalue weighted by Crippen LogP contribution is 1.92. The summed E-state index contributed by atoms with van der Waals surface area (Å²) in [6.45, 7) is 11.1. The summed E-state index contributed by atoms with van der Waals surface area (Å²) in [6.07, 6.45) is 5.59. The van der Waals surface area contributed by atoms with Gasteiger partial charge in [0.2, 0.25) is 5.91 Å². The van der Waals surface area contributed by atoms with Crippen LogP contribution in [0.2, 0.25) is 0 Å². The van der Waals surface area contributed by atoms with Crippen molar-refractivity contribution in [2.45, 2.75) is 40.2 Å². The Morgan fingerprint density at radius 3 is 2.43 bits per heavy atom. The van der Waals surface area contributed by atoms with Gasteiger partial charge in [-0.2, -0.15) is 0 Å². The van der Waals surface area contributed by atoms with Crippen LogP contribution in [0.15, 0.2) is 24.5 Å². The number of pyridine rings is 1. The molecule has 0 aliphatic heterocycles. The number of rotatable bonds is 9. The van der Waals surface area contributed by atoms with Gasteiger partial charge in [-0.15, -0.1) is 0 Å². The first kappa shape index (κ1) is 20.1. The van der Waals surface area contributed by atoms with Gasteiger partial charge in [-0.05, 0) is 38.5 Å². The Labute approximate surface area is 139 Å². The summed E-state index contributed by atoms with van der Waals surface area (Å²) >= 11 is 0. The minimum absolute atomic E-state index is 0. The molecular weight excluding hydrogens is 330 g/mol. The topological polar surface area (TPSA) is 36.2 Å². The number of nitrogens with one attached hydrogen (secondary N) is 1. The van der Waals surface area contributed by atoms with Gasteiger partial charge in [0.15, 0.2) is 18.9 Å². The van der Waals surface area contributed by atoms with Crippen LogP contribution >= 0.6 is 0 Å². The molecule has 1 rings (SSSR count). The Balaban J connectivity index is 0.00000400. The molecule has 0 bridgehead atoms. The number of hydrogen-bond donors (Lipinski definition) is 1. The van der Waals surface area contributed by atoms with Crippen molar-refractivity contribution in [2.24, 2.45) is 0 Å². The summed E-state index contributed by atoms with van der Waals surface area (Å²) in [6, 6.07) is 4.12. The number of halogens is 1. The van der Waals surface area contributed by atoms with E-state index in [1.165, 1.54) is 5.56 Å². The minimum Gasteiger partial charge on any atom is -1.00 e. The third-order valence-electron chi connectivity index (χ3n) is 3.52. The smallest absolute Gasteiger partial charge is 0.226 e. The van der Waals surface area contributed by atoms with Crippen molar-refractivity contribution in [1.29, 1.82) is 0 Å². The molecule has 1 aromatic rings. The molecule has 1 heterocycles. The van der Waals surface area contributed by atoms with E-state index in [1.807, 2.05) is 17.0 Å². The molecule has 120 valence electrons. The summed E-state index contributed by atoms with van der Waals surface area (Å²) in [5, 5.41) is 2.99. The Bertz CT molecular complexity index is 391. The summed E-state index contributed by atoms with van der Waals surface area (Å²) < 4.78 is 2.04. The number of aryl methyl sites for hydroxylation is 2. The van der Waals surface area contributed by atoms with Crippen LogP contribution in [0.4, 0.5) is 0 Å². The van der Waals surface area contributed by atoms with Gasteiger partial charge in [0.1, 0.15) is 0 Å². The number of hydrogen-bond acceptors (Lipinski definition) is 2. The van der Waals surface area contributed by atoms with Gasteiger partial charge in [-0.25, -0.2) is 4.57 Å². The van der Waals surface area contributed by atoms with E-state index in [1.54, 1.807) is 0 Å². The molecule has 0 unspecified atom stereocenters. The molecule has 21 heavy (non-hydrogen) atoms. The number of carbonyl (C=O) groups excluding carboxylic acids is 1. The summed E-state index contributed by atoms with van der Waals surface area (Å²) in [7, 11) is 0. The maximum absolute atomic E-state index is 11.7. The van der Waals surface area contributed by atoms with Crippen molar-refractivity contribution in [3.63, 3.8) is 0 Å². The van der Waals surface area contributed by atoms with Crippen molar-refractivity contribution < 1.29 is 26.3 Å². The quantitative estimate of drug-likeness (QED) is 0.432. The van der Waals surface area contributed by atoms with E-state index in [0.717, 1.165) is 39.1 Å². The average molecular weight is 358 g/mol. The fraction of sp³-hybridized carbons (Fsp3) is 0.625. The molecule has 0 spiro atoms. The third-order valence-corrected chi connectivity index (χ3v) is 3.52. The van der Waals surface area contributed by atoms with Gasteiger partial charge in [0.25, 0.3) is 0 Å². The van der Waals surface area contributed by atoms with Crippen molar-refractivity contribution >= 4 is 5.91 Å². The predicted octanol–water partition coefficient (Wildman–Crippen LogP) is -1.48. The lowest BCUT2D eigenvalue weighted by atomic mass is 10.3. The fourth-order valence-electron chi connectivity index (χ4n) is 2.07. The molecule has 4 nitrogen and oxygen atoms in total. The Kier molecular flexibility index (Phi) is 11.2. The summed E-state index contributed by atoms with van der Waals surface area (Å²) in [4.78, 5) is 14.1. The summed E-state index contributed by atoms with van der Waals surface area (Å²) in [5.41, 5.74) is 1.24. The first-order valence-corrected chi connectivity index (χ1v) is 7.60.